The summed E-state index contributed by atoms with van der Waals surface area (Å²) in [5, 5.41) is 2.99. The Balaban J connectivity index is 2.20. The Bertz CT molecular complexity index is 154. The third kappa shape index (κ3) is 3.82. The molecule has 0 bridgehead atoms. The van der Waals surface area contributed by atoms with Crippen molar-refractivity contribution in [3.05, 3.63) is 6.95 Å². The summed E-state index contributed by atoms with van der Waals surface area (Å²) in [6, 6.07) is 0. The Morgan fingerprint density at radius 2 is 2.45 bits per heavy atom. The summed E-state index contributed by atoms with van der Waals surface area (Å²) < 4.78 is 3.61. The first-order valence-electron chi connectivity index (χ1n) is 3.99. The van der Waals surface area contributed by atoms with E-state index in [1.165, 1.54) is 29.9 Å². The van der Waals surface area contributed by atoms with Gasteiger partial charge in [-0.05, 0) is 0 Å². The molecule has 0 saturated carbocycles. The molecule has 0 aromatic heterocycles. The van der Waals surface area contributed by atoms with E-state index in [4.69, 9.17) is 0 Å². The van der Waals surface area contributed by atoms with Crippen LogP contribution in [0.15, 0.2) is 6.95 Å². The first-order valence-corrected chi connectivity index (χ1v) is 9.20. The summed E-state index contributed by atoms with van der Waals surface area (Å²) >= 11 is 4.34. The van der Waals surface area contributed by atoms with Gasteiger partial charge in [-0.1, -0.05) is 0 Å². The van der Waals surface area contributed by atoms with Crippen LogP contribution < -0.4 is 0 Å². The zero-order valence-corrected chi connectivity index (χ0v) is 12.3. The topological polar surface area (TPSA) is 0 Å². The fourth-order valence-corrected chi connectivity index (χ4v) is 9.87. The number of hydrogen-bond acceptors (Lipinski definition) is 0. The van der Waals surface area contributed by atoms with E-state index in [2.05, 4.69) is 29.5 Å². The van der Waals surface area contributed by atoms with Gasteiger partial charge in [-0.15, -0.1) is 0 Å². The molecular formula is C8H13ISe2. The Kier molecular flexibility index (Phi) is 5.81. The van der Waals surface area contributed by atoms with Crippen molar-refractivity contribution in [3.8, 4) is 0 Å². The monoisotopic (exact) mass is 396 g/mol. The Hall–Kier alpha value is 1.51. The van der Waals surface area contributed by atoms with Gasteiger partial charge in [0.15, 0.2) is 0 Å². The molecule has 1 aliphatic rings. The minimum absolute atomic E-state index is 0.878. The molecule has 0 spiro atoms. The molecule has 0 amide bonds. The minimum atomic E-state index is 0.878. The predicted octanol–water partition coefficient (Wildman–Crippen LogP) is 3.04. The van der Waals surface area contributed by atoms with Crippen molar-refractivity contribution < 1.29 is 0 Å². The van der Waals surface area contributed by atoms with Crippen LogP contribution in [0.1, 0.15) is 26.2 Å². The molecule has 3 heteroatoms. The van der Waals surface area contributed by atoms with E-state index in [-0.39, 0.29) is 0 Å². The third-order valence-corrected chi connectivity index (χ3v) is 10.8. The van der Waals surface area contributed by atoms with Crippen molar-refractivity contribution in [1.82, 2.24) is 0 Å². The van der Waals surface area contributed by atoms with E-state index in [0.717, 1.165) is 29.9 Å². The summed E-state index contributed by atoms with van der Waals surface area (Å²) in [6.07, 6.45) is 4.23. The van der Waals surface area contributed by atoms with E-state index in [1.54, 1.807) is 3.58 Å². The molecule has 0 aromatic carbocycles. The van der Waals surface area contributed by atoms with Gasteiger partial charge in [0.05, 0.1) is 0 Å². The Morgan fingerprint density at radius 3 is 3.00 bits per heavy atom. The zero-order valence-electron chi connectivity index (χ0n) is 6.73. The van der Waals surface area contributed by atoms with Gasteiger partial charge in [0.25, 0.3) is 0 Å². The average Bonchev–Trinajstić information content (AvgIpc) is 2.37. The Labute approximate surface area is 95.4 Å². The summed E-state index contributed by atoms with van der Waals surface area (Å²) in [4.78, 5) is 0. The fraction of sp³-hybridized carbons (Fsp3) is 0.750. The van der Waals surface area contributed by atoms with Crippen LogP contribution in [0.2, 0.25) is 10.6 Å². The molecule has 0 saturated heterocycles. The number of hydrogen-bond donors (Lipinski definition) is 0. The van der Waals surface area contributed by atoms with Crippen molar-refractivity contribution in [2.45, 2.75) is 36.8 Å². The second-order valence-corrected chi connectivity index (χ2v) is 9.74. The molecule has 0 aromatic rings. The summed E-state index contributed by atoms with van der Waals surface area (Å²) in [5.41, 5.74) is 0. The van der Waals surface area contributed by atoms with Crippen LogP contribution >= 0.6 is 22.6 Å². The normalized spacial score (nSPS) is 18.0. The molecular weight excluding hydrogens is 381 g/mol. The Morgan fingerprint density at radius 1 is 1.64 bits per heavy atom. The molecule has 0 fully saturated rings. The van der Waals surface area contributed by atoms with Crippen LogP contribution in [0.5, 0.6) is 0 Å². The van der Waals surface area contributed by atoms with Crippen LogP contribution in [0, 0.1) is 0 Å². The van der Waals surface area contributed by atoms with Gasteiger partial charge in [-0.25, -0.2) is 0 Å². The quantitative estimate of drug-likeness (QED) is 0.391. The van der Waals surface area contributed by atoms with Crippen LogP contribution in [0.25, 0.3) is 0 Å². The van der Waals surface area contributed by atoms with E-state index in [1.807, 2.05) is 3.37 Å². The summed E-state index contributed by atoms with van der Waals surface area (Å²) in [5.74, 6) is 0. The molecule has 0 nitrogen and oxygen atoms in total. The van der Waals surface area contributed by atoms with Crippen LogP contribution in [0.4, 0.5) is 0 Å². The van der Waals surface area contributed by atoms with Gasteiger partial charge >= 0.3 is 96.3 Å². The molecule has 0 unspecified atom stereocenters. The molecule has 1 heterocycles. The molecule has 0 aliphatic carbocycles. The summed E-state index contributed by atoms with van der Waals surface area (Å²) in [7, 11) is 0. The van der Waals surface area contributed by atoms with Crippen molar-refractivity contribution >= 4 is 52.5 Å². The molecule has 0 atom stereocenters. The van der Waals surface area contributed by atoms with Crippen LogP contribution in [0.3, 0.4) is 0 Å². The maximum absolute atomic E-state index is 2.56. The maximum atomic E-state index is 2.56. The first kappa shape index (κ1) is 10.6. The standard InChI is InChI=1S/C8H13ISe2/c1-2-3-5-10-8-7(9)4-6-11-8/h2-6H2,1H3. The van der Waals surface area contributed by atoms with Gasteiger partial charge in [-0.2, -0.15) is 0 Å². The third-order valence-electron chi connectivity index (χ3n) is 1.51. The molecule has 0 radical (unpaired) electrons. The average molecular weight is 394 g/mol. The molecule has 11 heavy (non-hydrogen) atoms. The van der Waals surface area contributed by atoms with Gasteiger partial charge in [0.1, 0.15) is 0 Å². The molecule has 0 N–H and O–H groups in total. The SMILES string of the molecule is CCCC[Se]C1=C(I)CC[Se]1. The van der Waals surface area contributed by atoms with Gasteiger partial charge in [0.2, 0.25) is 0 Å². The van der Waals surface area contributed by atoms with Crippen molar-refractivity contribution in [3.63, 3.8) is 0 Å². The number of allylic oxidation sites excluding steroid dienone is 1. The van der Waals surface area contributed by atoms with Crippen molar-refractivity contribution in [2.24, 2.45) is 0 Å². The second-order valence-electron chi connectivity index (χ2n) is 2.49. The first-order chi connectivity index (χ1) is 5.34. The molecule has 64 valence electrons. The fourth-order valence-electron chi connectivity index (χ4n) is 0.843. The van der Waals surface area contributed by atoms with E-state index in [9.17, 15) is 0 Å². The van der Waals surface area contributed by atoms with Crippen molar-refractivity contribution in [1.29, 1.82) is 0 Å². The second kappa shape index (κ2) is 6.04. The van der Waals surface area contributed by atoms with E-state index < -0.39 is 0 Å². The van der Waals surface area contributed by atoms with Crippen LogP contribution in [-0.2, 0) is 0 Å². The predicted molar refractivity (Wildman–Crippen MR) is 61.7 cm³/mol. The van der Waals surface area contributed by atoms with Gasteiger partial charge in [-0.3, -0.25) is 0 Å². The van der Waals surface area contributed by atoms with E-state index >= 15 is 0 Å². The van der Waals surface area contributed by atoms with Gasteiger partial charge in [0, 0.05) is 0 Å². The number of unbranched alkanes of at least 4 members (excludes halogenated alkanes) is 1. The molecule has 1 aliphatic heterocycles. The number of halogens is 1. The van der Waals surface area contributed by atoms with Gasteiger partial charge < -0.3 is 0 Å². The summed E-state index contributed by atoms with van der Waals surface area (Å²) in [6.45, 7) is 2.29. The molecule has 1 rings (SSSR count). The number of rotatable bonds is 4. The van der Waals surface area contributed by atoms with Crippen LogP contribution in [-0.4, -0.2) is 29.9 Å². The zero-order chi connectivity index (χ0) is 8.10. The van der Waals surface area contributed by atoms with Crippen molar-refractivity contribution in [2.75, 3.05) is 0 Å². The van der Waals surface area contributed by atoms with E-state index in [0.29, 0.717) is 0 Å².